The van der Waals surface area contributed by atoms with E-state index in [0.29, 0.717) is 0 Å². The fourth-order valence-electron chi connectivity index (χ4n) is 0.720. The van der Waals surface area contributed by atoms with Crippen LogP contribution in [0.4, 0.5) is 4.79 Å². The van der Waals surface area contributed by atoms with Gasteiger partial charge >= 0.3 is 5.71 Å². The number of rotatable bonds is 3. The largest absolute Gasteiger partial charge is 0.770 e. The second kappa shape index (κ2) is 4.37. The van der Waals surface area contributed by atoms with Gasteiger partial charge in [-0.3, -0.25) is 4.57 Å². The van der Waals surface area contributed by atoms with Crippen LogP contribution in [0.1, 0.15) is 0 Å². The zero-order chi connectivity index (χ0) is 10.6. The molecule has 14 heavy (non-hydrogen) atoms. The molecule has 0 aromatic heterocycles. The molecule has 1 atom stereocenters. The fraction of sp³-hybridized carbons (Fsp3) is 0.125. The molecule has 1 rings (SSSR count). The minimum absolute atomic E-state index is 0.158. The van der Waals surface area contributed by atoms with Gasteiger partial charge in [0.25, 0.3) is 0 Å². The van der Waals surface area contributed by atoms with E-state index in [1.807, 2.05) is 0 Å². The van der Waals surface area contributed by atoms with E-state index in [2.05, 4.69) is 9.26 Å². The van der Waals surface area contributed by atoms with E-state index in [0.717, 1.165) is 7.11 Å². The molecule has 6 heteroatoms. The highest BCUT2D eigenvalue weighted by molar-refractivity contribution is 7.69. The monoisotopic (exact) mass is 215 g/mol. The van der Waals surface area contributed by atoms with Crippen molar-refractivity contribution in [1.29, 1.82) is 0 Å². The van der Waals surface area contributed by atoms with E-state index in [1.165, 1.54) is 12.1 Å². The van der Waals surface area contributed by atoms with Crippen molar-refractivity contribution >= 4 is 13.3 Å². The molecule has 0 saturated carbocycles. The van der Waals surface area contributed by atoms with E-state index in [9.17, 15) is 14.3 Å². The zero-order valence-electron chi connectivity index (χ0n) is 7.38. The lowest BCUT2D eigenvalue weighted by Gasteiger charge is -2.17. The summed E-state index contributed by atoms with van der Waals surface area (Å²) in [6.45, 7) is 0. The van der Waals surface area contributed by atoms with Crippen LogP contribution in [-0.4, -0.2) is 12.8 Å². The Kier molecular flexibility index (Phi) is 3.41. The van der Waals surface area contributed by atoms with E-state index < -0.39 is 13.3 Å². The van der Waals surface area contributed by atoms with Crippen molar-refractivity contribution < 1.29 is 23.5 Å². The van der Waals surface area contributed by atoms with Gasteiger partial charge in [-0.25, -0.2) is 4.79 Å². The molecule has 1 unspecified atom stereocenters. The number of hydrogen-bond acceptors (Lipinski definition) is 5. The first-order valence-corrected chi connectivity index (χ1v) is 5.25. The normalized spacial score (nSPS) is 14.4. The van der Waals surface area contributed by atoms with Gasteiger partial charge in [-0.1, -0.05) is 18.2 Å². The lowest BCUT2D eigenvalue weighted by Crippen LogP contribution is -2.16. The summed E-state index contributed by atoms with van der Waals surface area (Å²) >= 11 is 0. The van der Waals surface area contributed by atoms with Crippen molar-refractivity contribution in [2.24, 2.45) is 0 Å². The highest BCUT2D eigenvalue weighted by atomic mass is 31.2. The van der Waals surface area contributed by atoms with Crippen LogP contribution in [0.5, 0.6) is 5.75 Å². The Balaban J connectivity index is 2.72. The number of carbonyl (C=O) groups excluding carboxylic acids is 1. The molecule has 0 fully saturated rings. The van der Waals surface area contributed by atoms with Gasteiger partial charge < -0.3 is 14.2 Å². The summed E-state index contributed by atoms with van der Waals surface area (Å²) in [6.07, 6.45) is 0. The van der Waals surface area contributed by atoms with Gasteiger partial charge in [0.2, 0.25) is 7.60 Å². The van der Waals surface area contributed by atoms with Crippen molar-refractivity contribution in [3.05, 3.63) is 30.3 Å². The average Bonchev–Trinajstić information content (AvgIpc) is 2.19. The molecule has 5 nitrogen and oxygen atoms in total. The SMILES string of the molecule is COP(=O)([O-])C(=O)Oc1ccccc1. The molecule has 0 amide bonds. The van der Waals surface area contributed by atoms with Crippen LogP contribution < -0.4 is 9.63 Å². The molecule has 0 bridgehead atoms. The summed E-state index contributed by atoms with van der Waals surface area (Å²) in [5.41, 5.74) is -1.40. The highest BCUT2D eigenvalue weighted by Crippen LogP contribution is 2.38. The summed E-state index contributed by atoms with van der Waals surface area (Å²) in [6, 6.07) is 7.88. The molecule has 0 radical (unpaired) electrons. The van der Waals surface area contributed by atoms with Crippen molar-refractivity contribution in [2.75, 3.05) is 7.11 Å². The summed E-state index contributed by atoms with van der Waals surface area (Å²) in [5.74, 6) is 0.158. The maximum absolute atomic E-state index is 10.9. The minimum Gasteiger partial charge on any atom is -0.770 e. The predicted molar refractivity (Wildman–Crippen MR) is 47.1 cm³/mol. The Hall–Kier alpha value is -1.16. The van der Waals surface area contributed by atoms with Crippen LogP contribution in [0.15, 0.2) is 30.3 Å². The van der Waals surface area contributed by atoms with Gasteiger partial charge in [-0.2, -0.15) is 0 Å². The first-order valence-electron chi connectivity index (χ1n) is 3.70. The summed E-state index contributed by atoms with van der Waals surface area (Å²) in [7, 11) is -3.64. The summed E-state index contributed by atoms with van der Waals surface area (Å²) in [5, 5.41) is 0. The average molecular weight is 215 g/mol. The Labute approximate surface area is 80.8 Å². The first-order chi connectivity index (χ1) is 6.56. The topological polar surface area (TPSA) is 75.7 Å². The highest BCUT2D eigenvalue weighted by Gasteiger charge is 2.20. The quantitative estimate of drug-likeness (QED) is 0.712. The van der Waals surface area contributed by atoms with Crippen molar-refractivity contribution in [3.8, 4) is 5.75 Å². The fourth-order valence-corrected chi connectivity index (χ4v) is 1.09. The predicted octanol–water partition coefficient (Wildman–Crippen LogP) is 1.39. The molecule has 76 valence electrons. The third-order valence-electron chi connectivity index (χ3n) is 1.41. The number of carbonyl (C=O) groups is 1. The van der Waals surface area contributed by atoms with Crippen molar-refractivity contribution in [1.82, 2.24) is 0 Å². The first kappa shape index (κ1) is 10.9. The zero-order valence-corrected chi connectivity index (χ0v) is 8.27. The van der Waals surface area contributed by atoms with Gasteiger partial charge in [0.15, 0.2) is 0 Å². The van der Waals surface area contributed by atoms with Gasteiger partial charge in [-0.05, 0) is 12.1 Å². The molecule has 0 N–H and O–H groups in total. The Morgan fingerprint density at radius 3 is 2.43 bits per heavy atom. The van der Waals surface area contributed by atoms with Gasteiger partial charge in [0.1, 0.15) is 5.75 Å². The second-order valence-corrected chi connectivity index (χ2v) is 4.09. The number of ether oxygens (including phenoxy) is 1. The van der Waals surface area contributed by atoms with Gasteiger partial charge in [-0.15, -0.1) is 0 Å². The Morgan fingerprint density at radius 1 is 1.36 bits per heavy atom. The lowest BCUT2D eigenvalue weighted by atomic mass is 10.3. The van der Waals surface area contributed by atoms with Crippen LogP contribution in [-0.2, 0) is 9.09 Å². The van der Waals surface area contributed by atoms with Crippen LogP contribution in [0.3, 0.4) is 0 Å². The maximum atomic E-state index is 10.9. The Morgan fingerprint density at radius 2 is 1.93 bits per heavy atom. The van der Waals surface area contributed by atoms with Crippen molar-refractivity contribution in [2.45, 2.75) is 0 Å². The lowest BCUT2D eigenvalue weighted by molar-refractivity contribution is -0.192. The summed E-state index contributed by atoms with van der Waals surface area (Å²) < 4.78 is 19.4. The molecule has 0 spiro atoms. The van der Waals surface area contributed by atoms with Crippen molar-refractivity contribution in [3.63, 3.8) is 0 Å². The van der Waals surface area contributed by atoms with E-state index in [1.54, 1.807) is 18.2 Å². The molecule has 0 heterocycles. The molecule has 0 saturated heterocycles. The molecule has 0 aliphatic carbocycles. The molecular formula is C8H8O5P-. The second-order valence-electron chi connectivity index (χ2n) is 2.36. The van der Waals surface area contributed by atoms with E-state index >= 15 is 0 Å². The third kappa shape index (κ3) is 2.67. The molecular weight excluding hydrogens is 207 g/mol. The third-order valence-corrected chi connectivity index (χ3v) is 2.43. The molecule has 1 aromatic rings. The smallest absolute Gasteiger partial charge is 0.382 e. The number of para-hydroxylation sites is 1. The molecule has 0 aliphatic heterocycles. The Bertz CT molecular complexity index is 361. The van der Waals surface area contributed by atoms with Crippen LogP contribution >= 0.6 is 7.60 Å². The minimum atomic E-state index is -4.54. The van der Waals surface area contributed by atoms with E-state index in [-0.39, 0.29) is 5.75 Å². The van der Waals surface area contributed by atoms with Crippen LogP contribution in [0.25, 0.3) is 0 Å². The standard InChI is InChI=1S/C8H9O5P/c1-12-14(10,11)8(9)13-7-5-3-2-4-6-7/h2-6H,1H3,(H,10,11)/p-1. The molecule has 1 aromatic carbocycles. The molecule has 0 aliphatic rings. The van der Waals surface area contributed by atoms with E-state index in [4.69, 9.17) is 0 Å². The van der Waals surface area contributed by atoms with Crippen LogP contribution in [0.2, 0.25) is 0 Å². The van der Waals surface area contributed by atoms with Crippen LogP contribution in [0, 0.1) is 0 Å². The number of benzene rings is 1. The summed E-state index contributed by atoms with van der Waals surface area (Å²) in [4.78, 5) is 21.8. The maximum Gasteiger partial charge on any atom is 0.382 e. The van der Waals surface area contributed by atoms with Gasteiger partial charge in [0, 0.05) is 7.11 Å². The number of hydrogen-bond donors (Lipinski definition) is 0. The van der Waals surface area contributed by atoms with Gasteiger partial charge in [0.05, 0.1) is 0 Å².